The third-order valence-electron chi connectivity index (χ3n) is 6.40. The molecule has 0 aliphatic rings. The van der Waals surface area contributed by atoms with Crippen LogP contribution in [0.2, 0.25) is 10.0 Å². The van der Waals surface area contributed by atoms with Crippen LogP contribution in [0.4, 0.5) is 5.69 Å². The maximum Gasteiger partial charge on any atom is 0.264 e. The standard InChI is InChI=1S/C30H35Cl2N3O4S/c1-4-6-15-33-30(37)28(5-2)34(20-23-12-10-11-22(3)16-23)29(36)21-35(26-18-24(31)17-25(32)19-26)40(38,39)27-13-8-7-9-14-27/h7-14,16-19,28H,4-6,15,20-21H2,1-3H3,(H,33,37)/t28-/m0/s1. The maximum absolute atomic E-state index is 14.1. The Labute approximate surface area is 247 Å². The molecule has 1 atom stereocenters. The summed E-state index contributed by atoms with van der Waals surface area (Å²) < 4.78 is 28.7. The summed E-state index contributed by atoms with van der Waals surface area (Å²) in [7, 11) is -4.20. The van der Waals surface area contributed by atoms with E-state index in [9.17, 15) is 18.0 Å². The Morgan fingerprint density at radius 3 is 2.20 bits per heavy atom. The lowest BCUT2D eigenvalue weighted by Crippen LogP contribution is -2.52. The molecule has 0 fully saturated rings. The van der Waals surface area contributed by atoms with Crippen LogP contribution in [0.3, 0.4) is 0 Å². The van der Waals surface area contributed by atoms with E-state index in [1.807, 2.05) is 45.0 Å². The number of aryl methyl sites for hydroxylation is 1. The van der Waals surface area contributed by atoms with Crippen molar-refractivity contribution in [3.8, 4) is 0 Å². The molecule has 0 saturated heterocycles. The number of amides is 2. The zero-order chi connectivity index (χ0) is 29.3. The summed E-state index contributed by atoms with van der Waals surface area (Å²) in [6, 6.07) is 19.1. The lowest BCUT2D eigenvalue weighted by molar-refractivity contribution is -0.140. The number of carbonyl (C=O) groups is 2. The first-order valence-electron chi connectivity index (χ1n) is 13.2. The molecule has 0 aliphatic heterocycles. The van der Waals surface area contributed by atoms with Gasteiger partial charge < -0.3 is 10.2 Å². The predicted octanol–water partition coefficient (Wildman–Crippen LogP) is 6.22. The molecule has 3 rings (SSSR count). The number of sulfonamides is 1. The summed E-state index contributed by atoms with van der Waals surface area (Å²) in [5.41, 5.74) is 1.98. The molecule has 2 amide bonds. The normalized spacial score (nSPS) is 12.0. The molecular formula is C30H35Cl2N3O4S. The van der Waals surface area contributed by atoms with Gasteiger partial charge in [-0.05, 0) is 55.7 Å². The van der Waals surface area contributed by atoms with Crippen molar-refractivity contribution in [3.05, 3.63) is 94.0 Å². The van der Waals surface area contributed by atoms with E-state index in [0.717, 1.165) is 28.3 Å². The number of rotatable bonds is 13. The lowest BCUT2D eigenvalue weighted by atomic mass is 10.1. The van der Waals surface area contributed by atoms with Crippen LogP contribution in [-0.2, 0) is 26.2 Å². The van der Waals surface area contributed by atoms with Crippen molar-refractivity contribution in [1.29, 1.82) is 0 Å². The van der Waals surface area contributed by atoms with E-state index in [0.29, 0.717) is 13.0 Å². The number of carbonyl (C=O) groups excluding carboxylic acids is 2. The van der Waals surface area contributed by atoms with E-state index in [1.54, 1.807) is 18.2 Å². The van der Waals surface area contributed by atoms with Crippen LogP contribution < -0.4 is 9.62 Å². The smallest absolute Gasteiger partial charge is 0.264 e. The summed E-state index contributed by atoms with van der Waals surface area (Å²) in [6.45, 7) is 5.88. The number of nitrogens with zero attached hydrogens (tertiary/aromatic N) is 2. The third-order valence-corrected chi connectivity index (χ3v) is 8.62. The van der Waals surface area contributed by atoms with Gasteiger partial charge in [-0.15, -0.1) is 0 Å². The van der Waals surface area contributed by atoms with Crippen LogP contribution in [0.1, 0.15) is 44.2 Å². The minimum atomic E-state index is -4.20. The van der Waals surface area contributed by atoms with Crippen molar-refractivity contribution in [3.63, 3.8) is 0 Å². The zero-order valence-electron chi connectivity index (χ0n) is 22.9. The molecule has 3 aromatic rings. The quantitative estimate of drug-likeness (QED) is 0.235. The first-order chi connectivity index (χ1) is 19.1. The Kier molecular flexibility index (Phi) is 11.4. The Morgan fingerprint density at radius 2 is 1.60 bits per heavy atom. The van der Waals surface area contributed by atoms with Gasteiger partial charge in [0, 0.05) is 23.1 Å². The highest BCUT2D eigenvalue weighted by atomic mass is 35.5. The molecule has 0 bridgehead atoms. The number of halogens is 2. The zero-order valence-corrected chi connectivity index (χ0v) is 25.3. The van der Waals surface area contributed by atoms with E-state index in [-0.39, 0.29) is 33.1 Å². The van der Waals surface area contributed by atoms with Crippen LogP contribution >= 0.6 is 23.2 Å². The molecule has 7 nitrogen and oxygen atoms in total. The Morgan fingerprint density at radius 1 is 0.925 bits per heavy atom. The van der Waals surface area contributed by atoms with Gasteiger partial charge in [-0.1, -0.05) is 91.5 Å². The first-order valence-corrected chi connectivity index (χ1v) is 15.4. The highest BCUT2D eigenvalue weighted by Crippen LogP contribution is 2.30. The van der Waals surface area contributed by atoms with Crippen molar-refractivity contribution >= 4 is 50.7 Å². The van der Waals surface area contributed by atoms with Gasteiger partial charge in [-0.3, -0.25) is 13.9 Å². The topological polar surface area (TPSA) is 86.8 Å². The van der Waals surface area contributed by atoms with E-state index in [2.05, 4.69) is 5.32 Å². The predicted molar refractivity (Wildman–Crippen MR) is 161 cm³/mol. The fourth-order valence-corrected chi connectivity index (χ4v) is 6.30. The highest BCUT2D eigenvalue weighted by molar-refractivity contribution is 7.92. The maximum atomic E-state index is 14.1. The molecular weight excluding hydrogens is 569 g/mol. The van der Waals surface area contributed by atoms with Crippen molar-refractivity contribution < 1.29 is 18.0 Å². The molecule has 3 aromatic carbocycles. The highest BCUT2D eigenvalue weighted by Gasteiger charge is 2.33. The molecule has 0 unspecified atom stereocenters. The average molecular weight is 605 g/mol. The molecule has 0 radical (unpaired) electrons. The molecule has 214 valence electrons. The number of unbranched alkanes of at least 4 members (excludes halogenated alkanes) is 1. The number of nitrogens with one attached hydrogen (secondary N) is 1. The summed E-state index contributed by atoms with van der Waals surface area (Å²) >= 11 is 12.5. The number of hydrogen-bond donors (Lipinski definition) is 1. The van der Waals surface area contributed by atoms with Gasteiger partial charge in [-0.2, -0.15) is 0 Å². The van der Waals surface area contributed by atoms with Crippen LogP contribution in [0.5, 0.6) is 0 Å². The third kappa shape index (κ3) is 8.22. The van der Waals surface area contributed by atoms with Crippen LogP contribution in [0.25, 0.3) is 0 Å². The van der Waals surface area contributed by atoms with Gasteiger partial charge in [0.15, 0.2) is 0 Å². The minimum absolute atomic E-state index is 0.00785. The molecule has 0 aliphatic carbocycles. The SMILES string of the molecule is CCCCNC(=O)[C@H](CC)N(Cc1cccc(C)c1)C(=O)CN(c1cc(Cl)cc(Cl)c1)S(=O)(=O)c1ccccc1. The second-order valence-electron chi connectivity index (χ2n) is 9.53. The van der Waals surface area contributed by atoms with Gasteiger partial charge >= 0.3 is 0 Å². The largest absolute Gasteiger partial charge is 0.354 e. The van der Waals surface area contributed by atoms with E-state index >= 15 is 0 Å². The molecule has 0 saturated carbocycles. The van der Waals surface area contributed by atoms with Gasteiger partial charge in [-0.25, -0.2) is 8.42 Å². The summed E-state index contributed by atoms with van der Waals surface area (Å²) in [4.78, 5) is 28.8. The second kappa shape index (κ2) is 14.5. The van der Waals surface area contributed by atoms with Crippen molar-refractivity contribution in [2.24, 2.45) is 0 Å². The van der Waals surface area contributed by atoms with Gasteiger partial charge in [0.25, 0.3) is 10.0 Å². The van der Waals surface area contributed by atoms with Crippen molar-refractivity contribution in [1.82, 2.24) is 10.2 Å². The van der Waals surface area contributed by atoms with E-state index in [4.69, 9.17) is 23.2 Å². The van der Waals surface area contributed by atoms with Gasteiger partial charge in [0.1, 0.15) is 12.6 Å². The summed E-state index contributed by atoms with van der Waals surface area (Å²) in [5, 5.41) is 3.37. The molecule has 0 heterocycles. The minimum Gasteiger partial charge on any atom is -0.354 e. The average Bonchev–Trinajstić information content (AvgIpc) is 2.91. The van der Waals surface area contributed by atoms with Gasteiger partial charge in [0.05, 0.1) is 10.6 Å². The number of hydrogen-bond acceptors (Lipinski definition) is 4. The number of anilines is 1. The Bertz CT molecular complexity index is 1400. The van der Waals surface area contributed by atoms with Crippen molar-refractivity contribution in [2.45, 2.75) is 57.5 Å². The molecule has 0 spiro atoms. The monoisotopic (exact) mass is 603 g/mol. The fourth-order valence-electron chi connectivity index (χ4n) is 4.36. The lowest BCUT2D eigenvalue weighted by Gasteiger charge is -2.33. The molecule has 0 aromatic heterocycles. The Balaban J connectivity index is 2.06. The molecule has 40 heavy (non-hydrogen) atoms. The molecule has 1 N–H and O–H groups in total. The fraction of sp³-hybridized carbons (Fsp3) is 0.333. The van der Waals surface area contributed by atoms with Crippen LogP contribution in [0.15, 0.2) is 77.7 Å². The van der Waals surface area contributed by atoms with E-state index in [1.165, 1.54) is 35.2 Å². The first kappa shape index (κ1) is 31.5. The van der Waals surface area contributed by atoms with E-state index < -0.39 is 28.5 Å². The molecule has 10 heteroatoms. The van der Waals surface area contributed by atoms with Crippen LogP contribution in [-0.4, -0.2) is 44.3 Å². The van der Waals surface area contributed by atoms with Gasteiger partial charge in [0.2, 0.25) is 11.8 Å². The number of benzene rings is 3. The second-order valence-corrected chi connectivity index (χ2v) is 12.3. The van der Waals surface area contributed by atoms with Crippen molar-refractivity contribution in [2.75, 3.05) is 17.4 Å². The summed E-state index contributed by atoms with van der Waals surface area (Å²) in [5.74, 6) is -0.810. The van der Waals surface area contributed by atoms with Crippen LogP contribution in [0, 0.1) is 6.92 Å². The Hall–Kier alpha value is -3.07. The summed E-state index contributed by atoms with van der Waals surface area (Å²) in [6.07, 6.45) is 2.08.